The predicted molar refractivity (Wildman–Crippen MR) is 92.8 cm³/mol. The SMILES string of the molecule is O=C(c1cc2ccccn2n1)N1CCN(Cc2cccc(F)c2)CC1. The number of hydrogen-bond acceptors (Lipinski definition) is 3. The summed E-state index contributed by atoms with van der Waals surface area (Å²) in [5.74, 6) is -0.243. The number of nitrogens with zero attached hydrogens (tertiary/aromatic N) is 4. The number of aromatic nitrogens is 2. The Morgan fingerprint density at radius 1 is 1.04 bits per heavy atom. The molecule has 1 saturated heterocycles. The van der Waals surface area contributed by atoms with Crippen molar-refractivity contribution in [3.63, 3.8) is 0 Å². The van der Waals surface area contributed by atoms with Crippen LogP contribution in [0.1, 0.15) is 16.1 Å². The number of hydrogen-bond donors (Lipinski definition) is 0. The van der Waals surface area contributed by atoms with Crippen molar-refractivity contribution in [2.75, 3.05) is 26.2 Å². The molecular weight excluding hydrogens is 319 g/mol. The molecule has 2 aromatic heterocycles. The molecule has 3 aromatic rings. The maximum absolute atomic E-state index is 13.3. The molecule has 1 amide bonds. The lowest BCUT2D eigenvalue weighted by molar-refractivity contribution is 0.0622. The van der Waals surface area contributed by atoms with E-state index in [2.05, 4.69) is 10.00 Å². The third-order valence-corrected chi connectivity index (χ3v) is 4.54. The second kappa shape index (κ2) is 6.64. The summed E-state index contributed by atoms with van der Waals surface area (Å²) in [6.45, 7) is 3.56. The van der Waals surface area contributed by atoms with Gasteiger partial charge in [0.05, 0.1) is 5.52 Å². The topological polar surface area (TPSA) is 40.9 Å². The van der Waals surface area contributed by atoms with E-state index in [1.54, 1.807) is 16.6 Å². The van der Waals surface area contributed by atoms with E-state index in [-0.39, 0.29) is 11.7 Å². The Labute approximate surface area is 145 Å². The first-order valence-corrected chi connectivity index (χ1v) is 8.39. The molecule has 3 heterocycles. The molecule has 1 aliphatic heterocycles. The van der Waals surface area contributed by atoms with Crippen LogP contribution in [-0.4, -0.2) is 51.5 Å². The fourth-order valence-corrected chi connectivity index (χ4v) is 3.21. The molecule has 6 heteroatoms. The van der Waals surface area contributed by atoms with Gasteiger partial charge in [0.25, 0.3) is 5.91 Å². The molecule has 1 aromatic carbocycles. The van der Waals surface area contributed by atoms with Gasteiger partial charge in [-0.1, -0.05) is 18.2 Å². The number of benzene rings is 1. The molecule has 4 rings (SSSR count). The zero-order valence-corrected chi connectivity index (χ0v) is 13.8. The molecule has 0 radical (unpaired) electrons. The molecule has 0 aliphatic carbocycles. The van der Waals surface area contributed by atoms with Crippen LogP contribution in [0.2, 0.25) is 0 Å². The van der Waals surface area contributed by atoms with Crippen molar-refractivity contribution in [2.24, 2.45) is 0 Å². The number of fused-ring (bicyclic) bond motifs is 1. The Kier molecular flexibility index (Phi) is 4.19. The number of amides is 1. The van der Waals surface area contributed by atoms with Crippen LogP contribution in [0.5, 0.6) is 0 Å². The number of carbonyl (C=O) groups is 1. The Bertz CT molecular complexity index is 866. The van der Waals surface area contributed by atoms with Crippen molar-refractivity contribution in [2.45, 2.75) is 6.54 Å². The van der Waals surface area contributed by atoms with Gasteiger partial charge in [0.1, 0.15) is 5.82 Å². The van der Waals surface area contributed by atoms with Crippen molar-refractivity contribution < 1.29 is 9.18 Å². The van der Waals surface area contributed by atoms with E-state index in [4.69, 9.17) is 0 Å². The second-order valence-corrected chi connectivity index (χ2v) is 6.30. The number of carbonyl (C=O) groups excluding carboxylic acids is 1. The fraction of sp³-hybridized carbons (Fsp3) is 0.263. The molecule has 0 atom stereocenters. The van der Waals surface area contributed by atoms with Crippen LogP contribution in [0, 0.1) is 5.82 Å². The van der Waals surface area contributed by atoms with Gasteiger partial charge in [-0.25, -0.2) is 8.91 Å². The highest BCUT2D eigenvalue weighted by Gasteiger charge is 2.24. The van der Waals surface area contributed by atoms with Gasteiger partial charge >= 0.3 is 0 Å². The minimum atomic E-state index is -0.210. The van der Waals surface area contributed by atoms with Crippen molar-refractivity contribution >= 4 is 11.4 Å². The van der Waals surface area contributed by atoms with E-state index >= 15 is 0 Å². The molecule has 128 valence electrons. The highest BCUT2D eigenvalue weighted by molar-refractivity contribution is 5.93. The second-order valence-electron chi connectivity index (χ2n) is 6.30. The molecule has 0 saturated carbocycles. The molecule has 1 aliphatic rings. The van der Waals surface area contributed by atoms with Crippen LogP contribution in [0.25, 0.3) is 5.52 Å². The third-order valence-electron chi connectivity index (χ3n) is 4.54. The van der Waals surface area contributed by atoms with Crippen LogP contribution in [0.3, 0.4) is 0 Å². The van der Waals surface area contributed by atoms with Gasteiger partial charge in [0.15, 0.2) is 5.69 Å². The maximum Gasteiger partial charge on any atom is 0.274 e. The quantitative estimate of drug-likeness (QED) is 0.736. The summed E-state index contributed by atoms with van der Waals surface area (Å²) in [6.07, 6.45) is 1.84. The van der Waals surface area contributed by atoms with Gasteiger partial charge < -0.3 is 4.90 Å². The molecule has 0 bridgehead atoms. The van der Waals surface area contributed by atoms with Crippen LogP contribution in [-0.2, 0) is 6.54 Å². The number of piperazine rings is 1. The standard InChI is InChI=1S/C19H19FN4O/c20-16-5-3-4-15(12-16)14-22-8-10-23(11-9-22)19(25)18-13-17-6-1-2-7-24(17)21-18/h1-7,12-13H,8-11,14H2. The van der Waals surface area contributed by atoms with Gasteiger partial charge in [0, 0.05) is 38.9 Å². The average molecular weight is 338 g/mol. The van der Waals surface area contributed by atoms with E-state index in [1.807, 2.05) is 41.4 Å². The summed E-state index contributed by atoms with van der Waals surface area (Å²) in [4.78, 5) is 16.7. The summed E-state index contributed by atoms with van der Waals surface area (Å²) in [5, 5.41) is 4.35. The molecule has 25 heavy (non-hydrogen) atoms. The first-order valence-electron chi connectivity index (χ1n) is 8.39. The third kappa shape index (κ3) is 3.39. The lowest BCUT2D eigenvalue weighted by atomic mass is 10.2. The van der Waals surface area contributed by atoms with E-state index in [0.717, 1.165) is 24.2 Å². The summed E-state index contributed by atoms with van der Waals surface area (Å²) in [7, 11) is 0. The number of halogens is 1. The first-order chi connectivity index (χ1) is 12.2. The van der Waals surface area contributed by atoms with Gasteiger partial charge in [-0.05, 0) is 35.9 Å². The average Bonchev–Trinajstić information content (AvgIpc) is 3.06. The molecule has 0 N–H and O–H groups in total. The summed E-state index contributed by atoms with van der Waals surface area (Å²) in [5.41, 5.74) is 2.35. The summed E-state index contributed by atoms with van der Waals surface area (Å²) >= 11 is 0. The van der Waals surface area contributed by atoms with Crippen molar-refractivity contribution in [1.29, 1.82) is 0 Å². The smallest absolute Gasteiger partial charge is 0.274 e. The van der Waals surface area contributed by atoms with E-state index < -0.39 is 0 Å². The lowest BCUT2D eigenvalue weighted by Gasteiger charge is -2.34. The van der Waals surface area contributed by atoms with Crippen molar-refractivity contribution in [3.8, 4) is 0 Å². The Hall–Kier alpha value is -2.73. The fourth-order valence-electron chi connectivity index (χ4n) is 3.21. The predicted octanol–water partition coefficient (Wildman–Crippen LogP) is 2.43. The van der Waals surface area contributed by atoms with Crippen LogP contribution in [0.4, 0.5) is 4.39 Å². The lowest BCUT2D eigenvalue weighted by Crippen LogP contribution is -2.48. The van der Waals surface area contributed by atoms with Gasteiger partial charge in [-0.2, -0.15) is 5.10 Å². The van der Waals surface area contributed by atoms with Crippen molar-refractivity contribution in [3.05, 3.63) is 71.8 Å². The summed E-state index contributed by atoms with van der Waals surface area (Å²) < 4.78 is 15.0. The molecule has 1 fully saturated rings. The molecule has 5 nitrogen and oxygen atoms in total. The Balaban J connectivity index is 1.38. The van der Waals surface area contributed by atoms with E-state index in [0.29, 0.717) is 25.3 Å². The maximum atomic E-state index is 13.3. The molecular formula is C19H19FN4O. The molecule has 0 unspecified atom stereocenters. The van der Waals surface area contributed by atoms with E-state index in [1.165, 1.54) is 6.07 Å². The number of rotatable bonds is 3. The Morgan fingerprint density at radius 2 is 1.88 bits per heavy atom. The Morgan fingerprint density at radius 3 is 2.64 bits per heavy atom. The zero-order chi connectivity index (χ0) is 17.2. The minimum absolute atomic E-state index is 0.0332. The highest BCUT2D eigenvalue weighted by Crippen LogP contribution is 2.13. The zero-order valence-electron chi connectivity index (χ0n) is 13.8. The van der Waals surface area contributed by atoms with Crippen LogP contribution < -0.4 is 0 Å². The van der Waals surface area contributed by atoms with Gasteiger partial charge in [-0.15, -0.1) is 0 Å². The monoisotopic (exact) mass is 338 g/mol. The van der Waals surface area contributed by atoms with Crippen LogP contribution in [0.15, 0.2) is 54.7 Å². The van der Waals surface area contributed by atoms with Gasteiger partial charge in [0.2, 0.25) is 0 Å². The highest BCUT2D eigenvalue weighted by atomic mass is 19.1. The normalized spacial score (nSPS) is 15.6. The molecule has 0 spiro atoms. The summed E-state index contributed by atoms with van der Waals surface area (Å²) in [6, 6.07) is 14.2. The number of pyridine rings is 1. The van der Waals surface area contributed by atoms with E-state index in [9.17, 15) is 9.18 Å². The minimum Gasteiger partial charge on any atom is -0.335 e. The van der Waals surface area contributed by atoms with Crippen LogP contribution >= 0.6 is 0 Å². The first kappa shape index (κ1) is 15.8. The van der Waals surface area contributed by atoms with Crippen molar-refractivity contribution in [1.82, 2.24) is 19.4 Å². The largest absolute Gasteiger partial charge is 0.335 e. The van der Waals surface area contributed by atoms with Gasteiger partial charge in [-0.3, -0.25) is 9.69 Å².